The lowest BCUT2D eigenvalue weighted by molar-refractivity contribution is -0.121. The van der Waals surface area contributed by atoms with Gasteiger partial charge in [0.25, 0.3) is 5.91 Å². The third-order valence-electron chi connectivity index (χ3n) is 3.48. The lowest BCUT2D eigenvalue weighted by Crippen LogP contribution is -2.33. The Bertz CT molecular complexity index is 835. The number of nitrogens with one attached hydrogen (secondary N) is 1. The summed E-state index contributed by atoms with van der Waals surface area (Å²) in [6.07, 6.45) is 1.66. The van der Waals surface area contributed by atoms with E-state index in [-0.39, 0.29) is 11.7 Å². The van der Waals surface area contributed by atoms with E-state index in [0.717, 1.165) is 11.3 Å². The number of hydrogen-bond acceptors (Lipinski definition) is 4. The van der Waals surface area contributed by atoms with Gasteiger partial charge in [-0.2, -0.15) is 0 Å². The van der Waals surface area contributed by atoms with E-state index in [9.17, 15) is 9.18 Å². The second kappa shape index (κ2) is 7.15. The van der Waals surface area contributed by atoms with Gasteiger partial charge >= 0.3 is 0 Å². The van der Waals surface area contributed by atoms with Crippen molar-refractivity contribution in [3.8, 4) is 0 Å². The van der Waals surface area contributed by atoms with Crippen LogP contribution in [-0.4, -0.2) is 21.8 Å². The van der Waals surface area contributed by atoms with Gasteiger partial charge in [-0.1, -0.05) is 48.2 Å². The second-order valence-electron chi connectivity index (χ2n) is 5.37. The van der Waals surface area contributed by atoms with Gasteiger partial charge in [-0.3, -0.25) is 9.69 Å². The molecule has 3 rings (SSSR count). The molecule has 1 N–H and O–H groups in total. The van der Waals surface area contributed by atoms with Crippen molar-refractivity contribution in [1.29, 1.82) is 0 Å². The van der Waals surface area contributed by atoms with Crippen LogP contribution in [0.5, 0.6) is 0 Å². The van der Waals surface area contributed by atoms with Gasteiger partial charge in [-0.25, -0.2) is 4.39 Å². The number of anilines is 1. The Morgan fingerprint density at radius 2 is 2.04 bits per heavy atom. The molecule has 0 bridgehead atoms. The van der Waals surface area contributed by atoms with Crippen molar-refractivity contribution in [3.05, 3.63) is 70.4 Å². The summed E-state index contributed by atoms with van der Waals surface area (Å²) in [5.41, 5.74) is 2.71. The van der Waals surface area contributed by atoms with Crippen LogP contribution in [0.1, 0.15) is 11.1 Å². The summed E-state index contributed by atoms with van der Waals surface area (Å²) in [5.74, 6) is -0.505. The summed E-state index contributed by atoms with van der Waals surface area (Å²) in [4.78, 5) is 14.5. The number of thiocarbonyl (C=S) groups is 1. The standard InChI is InChI=1S/C18H15FN2OS2/c1-12-4-2-7-15(8-12)20-11-21-17(22)16(24-18(21)23)10-13-5-3-6-14(19)9-13/h2-10,20H,11H2,1H3/b16-10-. The first-order valence-corrected chi connectivity index (χ1v) is 8.57. The molecule has 0 saturated carbocycles. The molecule has 24 heavy (non-hydrogen) atoms. The van der Waals surface area contributed by atoms with E-state index in [0.29, 0.717) is 21.5 Å². The predicted octanol–water partition coefficient (Wildman–Crippen LogP) is 4.40. The molecule has 1 aliphatic rings. The van der Waals surface area contributed by atoms with Crippen molar-refractivity contribution < 1.29 is 9.18 Å². The summed E-state index contributed by atoms with van der Waals surface area (Å²) < 4.78 is 13.8. The van der Waals surface area contributed by atoms with Crippen molar-refractivity contribution in [1.82, 2.24) is 4.90 Å². The molecule has 122 valence electrons. The second-order valence-corrected chi connectivity index (χ2v) is 7.04. The van der Waals surface area contributed by atoms with E-state index in [4.69, 9.17) is 12.2 Å². The van der Waals surface area contributed by atoms with Crippen LogP contribution in [0, 0.1) is 12.7 Å². The maximum Gasteiger partial charge on any atom is 0.267 e. The monoisotopic (exact) mass is 358 g/mol. The van der Waals surface area contributed by atoms with Crippen molar-refractivity contribution in [2.75, 3.05) is 12.0 Å². The molecule has 3 nitrogen and oxygen atoms in total. The van der Waals surface area contributed by atoms with Gasteiger partial charge in [-0.15, -0.1) is 0 Å². The molecule has 2 aromatic rings. The quantitative estimate of drug-likeness (QED) is 0.648. The molecule has 0 aliphatic carbocycles. The maximum absolute atomic E-state index is 13.3. The SMILES string of the molecule is Cc1cccc(NCN2C(=O)/C(=C/c3cccc(F)c3)SC2=S)c1. The number of halogens is 1. The first kappa shape index (κ1) is 16.7. The molecule has 0 atom stereocenters. The molecule has 1 saturated heterocycles. The van der Waals surface area contributed by atoms with E-state index >= 15 is 0 Å². The van der Waals surface area contributed by atoms with Gasteiger partial charge in [0.2, 0.25) is 0 Å². The lowest BCUT2D eigenvalue weighted by atomic mass is 10.2. The number of thioether (sulfide) groups is 1. The predicted molar refractivity (Wildman–Crippen MR) is 101 cm³/mol. The van der Waals surface area contributed by atoms with Crippen LogP contribution in [0.2, 0.25) is 0 Å². The summed E-state index contributed by atoms with van der Waals surface area (Å²) in [5, 5.41) is 3.20. The molecule has 2 aromatic carbocycles. The normalized spacial score (nSPS) is 16.1. The Kier molecular flexibility index (Phi) is 4.97. The average molecular weight is 358 g/mol. The van der Waals surface area contributed by atoms with Crippen LogP contribution < -0.4 is 5.32 Å². The number of carbonyl (C=O) groups excluding carboxylic acids is 1. The third-order valence-corrected chi connectivity index (χ3v) is 4.86. The minimum absolute atomic E-state index is 0.172. The molecule has 6 heteroatoms. The molecule has 1 heterocycles. The fourth-order valence-corrected chi connectivity index (χ4v) is 3.56. The molecule has 0 spiro atoms. The first-order valence-electron chi connectivity index (χ1n) is 7.34. The van der Waals surface area contributed by atoms with Gasteiger partial charge < -0.3 is 5.32 Å². The fraction of sp³-hybridized carbons (Fsp3) is 0.111. The van der Waals surface area contributed by atoms with Gasteiger partial charge in [0.15, 0.2) is 0 Å². The number of amides is 1. The van der Waals surface area contributed by atoms with Crippen molar-refractivity contribution in [3.63, 3.8) is 0 Å². The largest absolute Gasteiger partial charge is 0.367 e. The smallest absolute Gasteiger partial charge is 0.267 e. The van der Waals surface area contributed by atoms with Crippen LogP contribution in [0.3, 0.4) is 0 Å². The average Bonchev–Trinajstić information content (AvgIpc) is 2.79. The molecular weight excluding hydrogens is 343 g/mol. The molecular formula is C18H15FN2OS2. The summed E-state index contributed by atoms with van der Waals surface area (Å²) in [6, 6.07) is 14.0. The van der Waals surface area contributed by atoms with Gasteiger partial charge in [-0.05, 0) is 48.4 Å². The van der Waals surface area contributed by atoms with E-state index in [1.54, 1.807) is 18.2 Å². The number of hydrogen-bond donors (Lipinski definition) is 1. The number of aryl methyl sites for hydroxylation is 1. The number of carbonyl (C=O) groups is 1. The van der Waals surface area contributed by atoms with Crippen LogP contribution >= 0.6 is 24.0 Å². The van der Waals surface area contributed by atoms with Crippen molar-refractivity contribution in [2.45, 2.75) is 6.92 Å². The highest BCUT2D eigenvalue weighted by atomic mass is 32.2. The van der Waals surface area contributed by atoms with Crippen LogP contribution in [0.15, 0.2) is 53.4 Å². The van der Waals surface area contributed by atoms with Gasteiger partial charge in [0.05, 0.1) is 11.6 Å². The lowest BCUT2D eigenvalue weighted by Gasteiger charge is -2.16. The Labute approximate surface area is 149 Å². The zero-order chi connectivity index (χ0) is 17.1. The minimum Gasteiger partial charge on any atom is -0.367 e. The molecule has 0 aromatic heterocycles. The summed E-state index contributed by atoms with van der Waals surface area (Å²) in [7, 11) is 0. The first-order chi connectivity index (χ1) is 11.5. The molecule has 0 radical (unpaired) electrons. The molecule has 1 amide bonds. The van der Waals surface area contributed by atoms with Crippen LogP contribution in [0.25, 0.3) is 6.08 Å². The third kappa shape index (κ3) is 3.83. The van der Waals surface area contributed by atoms with Crippen LogP contribution in [-0.2, 0) is 4.79 Å². The van der Waals surface area contributed by atoms with E-state index in [1.165, 1.54) is 28.8 Å². The summed E-state index contributed by atoms with van der Waals surface area (Å²) >= 11 is 6.52. The van der Waals surface area contributed by atoms with E-state index in [1.807, 2.05) is 31.2 Å². The highest BCUT2D eigenvalue weighted by molar-refractivity contribution is 8.26. The molecule has 1 aliphatic heterocycles. The Morgan fingerprint density at radius 3 is 2.79 bits per heavy atom. The van der Waals surface area contributed by atoms with Gasteiger partial charge in [0.1, 0.15) is 10.1 Å². The molecule has 0 unspecified atom stereocenters. The number of nitrogens with zero attached hydrogens (tertiary/aromatic N) is 1. The summed E-state index contributed by atoms with van der Waals surface area (Å²) in [6.45, 7) is 2.31. The zero-order valence-electron chi connectivity index (χ0n) is 13.0. The number of benzene rings is 2. The highest BCUT2D eigenvalue weighted by Crippen LogP contribution is 2.32. The Balaban J connectivity index is 1.72. The highest BCUT2D eigenvalue weighted by Gasteiger charge is 2.31. The Morgan fingerprint density at radius 1 is 1.25 bits per heavy atom. The maximum atomic E-state index is 13.3. The molecule has 1 fully saturated rings. The van der Waals surface area contributed by atoms with Crippen molar-refractivity contribution in [2.24, 2.45) is 0 Å². The van der Waals surface area contributed by atoms with E-state index in [2.05, 4.69) is 5.32 Å². The minimum atomic E-state index is -0.333. The van der Waals surface area contributed by atoms with Crippen LogP contribution in [0.4, 0.5) is 10.1 Å². The van der Waals surface area contributed by atoms with Crippen molar-refractivity contribution >= 4 is 46.0 Å². The van der Waals surface area contributed by atoms with Gasteiger partial charge in [0, 0.05) is 5.69 Å². The Hall–Kier alpha value is -2.18. The fourth-order valence-electron chi connectivity index (χ4n) is 2.31. The topological polar surface area (TPSA) is 32.3 Å². The number of rotatable bonds is 4. The van der Waals surface area contributed by atoms with E-state index < -0.39 is 0 Å². The zero-order valence-corrected chi connectivity index (χ0v) is 14.6.